The van der Waals surface area contributed by atoms with E-state index >= 15 is 0 Å². The number of rotatable bonds is 3. The Kier molecular flexibility index (Phi) is 3.32. The Balaban J connectivity index is 2.32. The zero-order valence-electron chi connectivity index (χ0n) is 11.9. The van der Waals surface area contributed by atoms with Crippen LogP contribution in [0.1, 0.15) is 38.1 Å². The SMILES string of the molecule is Cc1noc(C)c1S(=O)(=O)Nc1noc(C(C)(C)C)n1. The summed E-state index contributed by atoms with van der Waals surface area (Å²) in [6, 6.07) is 0. The molecule has 2 heterocycles. The lowest BCUT2D eigenvalue weighted by Crippen LogP contribution is -2.16. The van der Waals surface area contributed by atoms with Crippen LogP contribution in [0.5, 0.6) is 0 Å². The van der Waals surface area contributed by atoms with Crippen molar-refractivity contribution < 1.29 is 17.5 Å². The van der Waals surface area contributed by atoms with E-state index in [2.05, 4.69) is 20.0 Å². The van der Waals surface area contributed by atoms with Gasteiger partial charge in [-0.2, -0.15) is 4.98 Å². The van der Waals surface area contributed by atoms with Gasteiger partial charge in [-0.25, -0.2) is 13.1 Å². The summed E-state index contributed by atoms with van der Waals surface area (Å²) in [5.74, 6) is 0.429. The van der Waals surface area contributed by atoms with Gasteiger partial charge in [0.05, 0.1) is 0 Å². The van der Waals surface area contributed by atoms with Gasteiger partial charge in [0.1, 0.15) is 5.69 Å². The average molecular weight is 300 g/mol. The predicted octanol–water partition coefficient (Wildman–Crippen LogP) is 1.77. The number of sulfonamides is 1. The summed E-state index contributed by atoms with van der Waals surface area (Å²) < 4.78 is 36.6. The number of hydrogen-bond acceptors (Lipinski definition) is 7. The van der Waals surface area contributed by atoms with Gasteiger partial charge < -0.3 is 9.05 Å². The zero-order valence-corrected chi connectivity index (χ0v) is 12.7. The first-order valence-corrected chi connectivity index (χ1v) is 7.39. The van der Waals surface area contributed by atoms with Gasteiger partial charge in [-0.3, -0.25) is 0 Å². The Morgan fingerprint density at radius 1 is 1.10 bits per heavy atom. The van der Waals surface area contributed by atoms with E-state index < -0.39 is 10.0 Å². The van der Waals surface area contributed by atoms with Crippen LogP contribution < -0.4 is 4.72 Å². The minimum atomic E-state index is -3.85. The Labute approximate surface area is 116 Å². The second kappa shape index (κ2) is 4.58. The maximum Gasteiger partial charge on any atom is 0.277 e. The molecule has 0 aromatic carbocycles. The Bertz CT molecular complexity index is 704. The Morgan fingerprint density at radius 2 is 1.75 bits per heavy atom. The topological polar surface area (TPSA) is 111 Å². The molecule has 9 heteroatoms. The van der Waals surface area contributed by atoms with Crippen LogP contribution >= 0.6 is 0 Å². The first kappa shape index (κ1) is 14.5. The molecule has 0 bridgehead atoms. The van der Waals surface area contributed by atoms with Crippen molar-refractivity contribution in [2.75, 3.05) is 4.72 Å². The number of aryl methyl sites for hydroxylation is 2. The summed E-state index contributed by atoms with van der Waals surface area (Å²) in [6.45, 7) is 8.71. The molecule has 0 saturated heterocycles. The van der Waals surface area contributed by atoms with Crippen LogP contribution in [0.15, 0.2) is 13.9 Å². The van der Waals surface area contributed by atoms with Gasteiger partial charge in [-0.1, -0.05) is 25.9 Å². The van der Waals surface area contributed by atoms with Gasteiger partial charge in [0.15, 0.2) is 10.7 Å². The van der Waals surface area contributed by atoms with E-state index in [4.69, 9.17) is 9.05 Å². The van der Waals surface area contributed by atoms with Crippen LogP contribution in [-0.4, -0.2) is 23.7 Å². The third-order valence-corrected chi connectivity index (χ3v) is 4.10. The minimum Gasteiger partial charge on any atom is -0.360 e. The maximum absolute atomic E-state index is 12.2. The van der Waals surface area contributed by atoms with E-state index in [0.29, 0.717) is 5.89 Å². The Morgan fingerprint density at radius 3 is 2.20 bits per heavy atom. The van der Waals surface area contributed by atoms with Crippen molar-refractivity contribution in [3.8, 4) is 0 Å². The van der Waals surface area contributed by atoms with Crippen molar-refractivity contribution in [2.45, 2.75) is 44.9 Å². The highest BCUT2D eigenvalue weighted by molar-refractivity contribution is 7.92. The molecule has 2 aromatic rings. The molecule has 8 nitrogen and oxygen atoms in total. The molecule has 0 radical (unpaired) electrons. The average Bonchev–Trinajstić information content (AvgIpc) is 2.84. The molecule has 0 aliphatic heterocycles. The maximum atomic E-state index is 12.2. The van der Waals surface area contributed by atoms with Crippen molar-refractivity contribution in [2.24, 2.45) is 0 Å². The van der Waals surface area contributed by atoms with E-state index in [9.17, 15) is 8.42 Å². The second-order valence-electron chi connectivity index (χ2n) is 5.43. The molecule has 2 rings (SSSR count). The Hall–Kier alpha value is -1.90. The van der Waals surface area contributed by atoms with E-state index in [1.807, 2.05) is 20.8 Å². The van der Waals surface area contributed by atoms with Gasteiger partial charge >= 0.3 is 0 Å². The smallest absolute Gasteiger partial charge is 0.277 e. The fourth-order valence-corrected chi connectivity index (χ4v) is 2.87. The lowest BCUT2D eigenvalue weighted by atomic mass is 9.97. The van der Waals surface area contributed by atoms with Crippen LogP contribution in [0, 0.1) is 13.8 Å². The number of aromatic nitrogens is 3. The lowest BCUT2D eigenvalue weighted by Gasteiger charge is -2.10. The van der Waals surface area contributed by atoms with E-state index in [0.717, 1.165) is 0 Å². The molecule has 0 aliphatic carbocycles. The zero-order chi connectivity index (χ0) is 15.1. The fraction of sp³-hybridized carbons (Fsp3) is 0.545. The molecule has 0 unspecified atom stereocenters. The lowest BCUT2D eigenvalue weighted by molar-refractivity contribution is 0.321. The highest BCUT2D eigenvalue weighted by Crippen LogP contribution is 2.24. The van der Waals surface area contributed by atoms with E-state index in [-0.39, 0.29) is 27.7 Å². The summed E-state index contributed by atoms with van der Waals surface area (Å²) in [6.07, 6.45) is 0. The first-order chi connectivity index (χ1) is 9.11. The van der Waals surface area contributed by atoms with Gasteiger partial charge in [0.2, 0.25) is 5.89 Å². The molecule has 0 amide bonds. The third kappa shape index (κ3) is 2.67. The van der Waals surface area contributed by atoms with Gasteiger partial charge in [-0.05, 0) is 19.0 Å². The van der Waals surface area contributed by atoms with Crippen molar-refractivity contribution in [3.05, 3.63) is 17.3 Å². The molecule has 2 aromatic heterocycles. The second-order valence-corrected chi connectivity index (χ2v) is 7.05. The van der Waals surface area contributed by atoms with Crippen LogP contribution in [0.3, 0.4) is 0 Å². The number of nitrogens with one attached hydrogen (secondary N) is 1. The monoisotopic (exact) mass is 300 g/mol. The molecule has 0 atom stereocenters. The van der Waals surface area contributed by atoms with Crippen molar-refractivity contribution >= 4 is 16.0 Å². The molecule has 0 aliphatic rings. The van der Waals surface area contributed by atoms with Gasteiger partial charge in [0.25, 0.3) is 16.0 Å². The van der Waals surface area contributed by atoms with Crippen molar-refractivity contribution in [3.63, 3.8) is 0 Å². The van der Waals surface area contributed by atoms with Crippen LogP contribution in [0.4, 0.5) is 5.95 Å². The largest absolute Gasteiger partial charge is 0.360 e. The first-order valence-electron chi connectivity index (χ1n) is 5.91. The molecular weight excluding hydrogens is 284 g/mol. The molecule has 0 spiro atoms. The summed E-state index contributed by atoms with van der Waals surface area (Å²) >= 11 is 0. The third-order valence-electron chi connectivity index (χ3n) is 2.53. The molecular formula is C11H16N4O4S. The summed E-state index contributed by atoms with van der Waals surface area (Å²) in [4.78, 5) is 4.00. The number of hydrogen-bond donors (Lipinski definition) is 1. The molecule has 110 valence electrons. The normalized spacial score (nSPS) is 12.7. The number of anilines is 1. The summed E-state index contributed by atoms with van der Waals surface area (Å²) in [7, 11) is -3.85. The summed E-state index contributed by atoms with van der Waals surface area (Å²) in [5.41, 5.74) is -0.0887. The van der Waals surface area contributed by atoms with Crippen LogP contribution in [0.2, 0.25) is 0 Å². The molecule has 0 fully saturated rings. The standard InChI is InChI=1S/C11H16N4O4S/c1-6-8(7(2)18-13-6)20(16,17)15-10-12-9(19-14-10)11(3,4)5/h1-5H3,(H,14,15). The molecule has 0 saturated carbocycles. The van der Waals surface area contributed by atoms with Crippen molar-refractivity contribution in [1.82, 2.24) is 15.3 Å². The quantitative estimate of drug-likeness (QED) is 0.919. The van der Waals surface area contributed by atoms with E-state index in [1.54, 1.807) is 6.92 Å². The molecule has 1 N–H and O–H groups in total. The fourth-order valence-electron chi connectivity index (χ4n) is 1.60. The highest BCUT2D eigenvalue weighted by Gasteiger charge is 2.27. The highest BCUT2D eigenvalue weighted by atomic mass is 32.2. The number of nitrogens with zero attached hydrogens (tertiary/aromatic N) is 3. The van der Waals surface area contributed by atoms with Crippen LogP contribution in [0.25, 0.3) is 0 Å². The van der Waals surface area contributed by atoms with Gasteiger partial charge in [0, 0.05) is 5.41 Å². The summed E-state index contributed by atoms with van der Waals surface area (Å²) in [5, 5.41) is 7.22. The van der Waals surface area contributed by atoms with Crippen molar-refractivity contribution in [1.29, 1.82) is 0 Å². The minimum absolute atomic E-state index is 0.0143. The van der Waals surface area contributed by atoms with E-state index in [1.165, 1.54) is 6.92 Å². The van der Waals surface area contributed by atoms with Crippen LogP contribution in [-0.2, 0) is 15.4 Å². The predicted molar refractivity (Wildman–Crippen MR) is 69.8 cm³/mol. The van der Waals surface area contributed by atoms with Gasteiger partial charge in [-0.15, -0.1) is 0 Å². The molecule has 20 heavy (non-hydrogen) atoms.